The Morgan fingerprint density at radius 3 is 2.53 bits per heavy atom. The van der Waals surface area contributed by atoms with E-state index in [-0.39, 0.29) is 57.1 Å². The molecule has 0 aromatic carbocycles. The summed E-state index contributed by atoms with van der Waals surface area (Å²) in [5.74, 6) is 0.170. The zero-order valence-electron chi connectivity index (χ0n) is 8.71. The zero-order chi connectivity index (χ0) is 10.6. The van der Waals surface area contributed by atoms with Gasteiger partial charge in [0.1, 0.15) is 5.75 Å². The molecule has 0 fully saturated rings. The molecule has 0 aliphatic carbocycles. The van der Waals surface area contributed by atoms with E-state index < -0.39 is 12.4 Å². The normalized spacial score (nSPS) is 10.7. The van der Waals surface area contributed by atoms with E-state index in [1.54, 1.807) is 0 Å². The van der Waals surface area contributed by atoms with Gasteiger partial charge in [-0.3, -0.25) is 4.98 Å². The van der Waals surface area contributed by atoms with Gasteiger partial charge in [-0.2, -0.15) is 0 Å². The Kier molecular flexibility index (Phi) is 7.11. The van der Waals surface area contributed by atoms with Crippen LogP contribution in [0.1, 0.15) is 13.3 Å². The maximum Gasteiger partial charge on any atom is 1.00 e. The van der Waals surface area contributed by atoms with E-state index in [1.165, 1.54) is 6.20 Å². The van der Waals surface area contributed by atoms with Crippen molar-refractivity contribution in [2.45, 2.75) is 13.3 Å². The summed E-state index contributed by atoms with van der Waals surface area (Å²) in [5, 5.41) is 0. The average molecular weight is 243 g/mol. The fourth-order valence-corrected chi connectivity index (χ4v) is 0.913. The molecule has 0 aliphatic heterocycles. The monoisotopic (exact) mass is 243 g/mol. The van der Waals surface area contributed by atoms with Crippen LogP contribution in [0.3, 0.4) is 0 Å². The van der Waals surface area contributed by atoms with Crippen LogP contribution in [-0.2, 0) is 0 Å². The summed E-state index contributed by atoms with van der Waals surface area (Å²) in [5.41, 5.74) is -0.724. The van der Waals surface area contributed by atoms with E-state index >= 15 is 0 Å². The number of hydrogen-bond acceptors (Lipinski definition) is 2. The summed E-state index contributed by atoms with van der Waals surface area (Å²) in [6, 6.07) is 0.975. The Labute approximate surface area is 129 Å². The van der Waals surface area contributed by atoms with E-state index in [0.29, 0.717) is 6.61 Å². The molecule has 0 bridgehead atoms. The Morgan fingerprint density at radius 1 is 1.33 bits per heavy atom. The molecule has 1 aromatic heterocycles. The maximum absolute atomic E-state index is 12.3. The van der Waals surface area contributed by atoms with Gasteiger partial charge in [0, 0.05) is 6.20 Å². The first-order valence-electron chi connectivity index (χ1n) is 4.31. The molecule has 78 valence electrons. The minimum atomic E-state index is -4.99. The van der Waals surface area contributed by atoms with Crippen molar-refractivity contribution >= 4 is 12.4 Å². The summed E-state index contributed by atoms with van der Waals surface area (Å²) in [6.07, 6.45) is 2.83. The molecule has 0 amide bonds. The van der Waals surface area contributed by atoms with Crippen molar-refractivity contribution in [2.75, 3.05) is 6.61 Å². The van der Waals surface area contributed by atoms with Gasteiger partial charge in [-0.25, -0.2) is 0 Å². The molecule has 7 heteroatoms. The van der Waals surface area contributed by atoms with Crippen LogP contribution in [0.2, 0.25) is 0 Å². The second kappa shape index (κ2) is 6.90. The maximum atomic E-state index is 12.3. The molecule has 1 heterocycles. The van der Waals surface area contributed by atoms with Crippen molar-refractivity contribution in [3.8, 4) is 5.75 Å². The number of aromatic nitrogens is 1. The van der Waals surface area contributed by atoms with Gasteiger partial charge in [-0.05, 0) is 12.5 Å². The fraction of sp³-hybridized carbons (Fsp3) is 0.375. The van der Waals surface area contributed by atoms with Crippen molar-refractivity contribution in [2.24, 2.45) is 0 Å². The van der Waals surface area contributed by atoms with Crippen molar-refractivity contribution in [3.63, 3.8) is 0 Å². The van der Waals surface area contributed by atoms with Crippen LogP contribution >= 0.6 is 0 Å². The van der Waals surface area contributed by atoms with Crippen molar-refractivity contribution < 1.29 is 69.1 Å². The third-order valence-corrected chi connectivity index (χ3v) is 1.59. The second-order valence-corrected chi connectivity index (χ2v) is 2.88. The SMILES string of the molecule is CCCOc1cncc([B-](F)(F)F)c1.[K+]. The van der Waals surface area contributed by atoms with E-state index in [2.05, 4.69) is 4.98 Å². The van der Waals surface area contributed by atoms with Gasteiger partial charge < -0.3 is 17.7 Å². The molecule has 0 spiro atoms. The molecule has 0 unspecified atom stereocenters. The quantitative estimate of drug-likeness (QED) is 0.628. The van der Waals surface area contributed by atoms with Crippen LogP contribution in [0.5, 0.6) is 5.75 Å². The van der Waals surface area contributed by atoms with Crippen LogP contribution < -0.4 is 61.6 Å². The van der Waals surface area contributed by atoms with E-state index in [1.807, 2.05) is 6.92 Å². The molecule has 0 radical (unpaired) electrons. The van der Waals surface area contributed by atoms with Gasteiger partial charge in [0.05, 0.1) is 12.8 Å². The van der Waals surface area contributed by atoms with Gasteiger partial charge in [-0.15, -0.1) is 0 Å². The summed E-state index contributed by atoms with van der Waals surface area (Å²) in [7, 11) is 0. The minimum absolute atomic E-state index is 0. The molecule has 1 rings (SSSR count). The predicted molar refractivity (Wildman–Crippen MR) is 48.7 cm³/mol. The first-order chi connectivity index (χ1) is 6.54. The average Bonchev–Trinajstić information content (AvgIpc) is 2.14. The Morgan fingerprint density at radius 2 is 2.00 bits per heavy atom. The van der Waals surface area contributed by atoms with Crippen molar-refractivity contribution in [1.29, 1.82) is 0 Å². The van der Waals surface area contributed by atoms with Gasteiger partial charge >= 0.3 is 58.4 Å². The first kappa shape index (κ1) is 15.4. The van der Waals surface area contributed by atoms with Crippen LogP contribution in [0.15, 0.2) is 18.5 Å². The topological polar surface area (TPSA) is 22.1 Å². The van der Waals surface area contributed by atoms with Gasteiger partial charge in [0.15, 0.2) is 0 Å². The van der Waals surface area contributed by atoms with E-state index in [4.69, 9.17) is 4.74 Å². The van der Waals surface area contributed by atoms with Crippen LogP contribution in [0.4, 0.5) is 12.9 Å². The predicted octanol–water partition coefficient (Wildman–Crippen LogP) is -1.07. The molecular weight excluding hydrogens is 233 g/mol. The largest absolute Gasteiger partial charge is 1.00 e. The molecule has 1 aromatic rings. The smallest absolute Gasteiger partial charge is 0.492 e. The molecule has 0 atom stereocenters. The summed E-state index contributed by atoms with van der Waals surface area (Å²) in [4.78, 5) is 3.47. The minimum Gasteiger partial charge on any atom is -0.492 e. The number of rotatable bonds is 4. The zero-order valence-corrected chi connectivity index (χ0v) is 11.8. The van der Waals surface area contributed by atoms with Crippen LogP contribution in [0.25, 0.3) is 0 Å². The number of pyridine rings is 1. The standard InChI is InChI=1S/C8H10BF3NO.K/c1-2-3-14-8-4-7(5-13-6-8)9(10,11)12;/h4-6H,2-3H2,1H3;/q-1;+1. The Hall–Kier alpha value is 0.441. The first-order valence-corrected chi connectivity index (χ1v) is 4.31. The van der Waals surface area contributed by atoms with Crippen LogP contribution in [0, 0.1) is 0 Å². The molecule has 2 nitrogen and oxygen atoms in total. The van der Waals surface area contributed by atoms with Gasteiger partial charge in [0.2, 0.25) is 0 Å². The Bertz CT molecular complexity index is 308. The Balaban J connectivity index is 0.00000196. The summed E-state index contributed by atoms with van der Waals surface area (Å²) in [6.45, 7) is -2.71. The van der Waals surface area contributed by atoms with E-state index in [9.17, 15) is 12.9 Å². The number of ether oxygens (including phenoxy) is 1. The summed E-state index contributed by atoms with van der Waals surface area (Å²) >= 11 is 0. The number of hydrogen-bond donors (Lipinski definition) is 0. The van der Waals surface area contributed by atoms with Crippen LogP contribution in [-0.4, -0.2) is 18.6 Å². The summed E-state index contributed by atoms with van der Waals surface area (Å²) < 4.78 is 41.8. The number of nitrogens with zero attached hydrogens (tertiary/aromatic N) is 1. The second-order valence-electron chi connectivity index (χ2n) is 2.88. The van der Waals surface area contributed by atoms with Crippen molar-refractivity contribution in [3.05, 3.63) is 18.5 Å². The molecular formula is C8H10BF3KNO. The third kappa shape index (κ3) is 5.35. The van der Waals surface area contributed by atoms with Gasteiger partial charge in [-0.1, -0.05) is 12.4 Å². The number of halogens is 3. The van der Waals surface area contributed by atoms with E-state index in [0.717, 1.165) is 18.7 Å². The molecule has 0 saturated carbocycles. The van der Waals surface area contributed by atoms with Crippen molar-refractivity contribution in [1.82, 2.24) is 4.98 Å². The molecule has 0 saturated heterocycles. The van der Waals surface area contributed by atoms with Gasteiger partial charge in [0.25, 0.3) is 0 Å². The molecule has 0 aliphatic rings. The third-order valence-electron chi connectivity index (χ3n) is 1.59. The molecule has 15 heavy (non-hydrogen) atoms. The fourth-order valence-electron chi connectivity index (χ4n) is 0.913. The molecule has 0 N–H and O–H groups in total.